The molecule has 0 unspecified atom stereocenters. The van der Waals surface area contributed by atoms with Crippen LogP contribution in [0.4, 0.5) is 9.18 Å². The highest BCUT2D eigenvalue weighted by Crippen LogP contribution is 2.11. The number of rotatable bonds is 1. The van der Waals surface area contributed by atoms with Gasteiger partial charge in [-0.05, 0) is 24.6 Å². The maximum Gasteiger partial charge on any atom is 0.409 e. The predicted octanol–water partition coefficient (Wildman–Crippen LogP) is 1.74. The van der Waals surface area contributed by atoms with E-state index in [-0.39, 0.29) is 12.0 Å². The third kappa shape index (κ3) is 3.26. The molecule has 5 nitrogen and oxygen atoms in total. The number of amides is 2. The highest BCUT2D eigenvalue weighted by Gasteiger charge is 2.23. The molecule has 2 rings (SSSR count). The molecule has 20 heavy (non-hydrogen) atoms. The molecule has 2 amide bonds. The van der Waals surface area contributed by atoms with Crippen molar-refractivity contribution in [3.8, 4) is 0 Å². The van der Waals surface area contributed by atoms with Crippen LogP contribution in [0.25, 0.3) is 0 Å². The first kappa shape index (κ1) is 14.3. The van der Waals surface area contributed by atoms with Crippen LogP contribution in [-0.2, 0) is 4.74 Å². The molecule has 1 saturated heterocycles. The summed E-state index contributed by atoms with van der Waals surface area (Å²) in [6, 6.07) is 5.64. The summed E-state index contributed by atoms with van der Waals surface area (Å²) in [5.41, 5.74) is 0.330. The lowest BCUT2D eigenvalue weighted by molar-refractivity contribution is 0.0756. The quantitative estimate of drug-likeness (QED) is 0.787. The van der Waals surface area contributed by atoms with Gasteiger partial charge < -0.3 is 14.5 Å². The van der Waals surface area contributed by atoms with Gasteiger partial charge in [0.15, 0.2) is 0 Å². The molecule has 1 aromatic carbocycles. The highest BCUT2D eigenvalue weighted by atomic mass is 19.1. The van der Waals surface area contributed by atoms with Gasteiger partial charge in [-0.2, -0.15) is 0 Å². The second kappa shape index (κ2) is 6.36. The van der Waals surface area contributed by atoms with E-state index in [1.165, 1.54) is 25.3 Å². The number of methoxy groups -OCH3 is 1. The monoisotopic (exact) mass is 280 g/mol. The molecule has 0 radical (unpaired) electrons. The minimum atomic E-state index is -0.429. The van der Waals surface area contributed by atoms with E-state index in [1.54, 1.807) is 15.9 Å². The van der Waals surface area contributed by atoms with Gasteiger partial charge in [0.25, 0.3) is 5.91 Å². The summed E-state index contributed by atoms with van der Waals surface area (Å²) in [4.78, 5) is 26.9. The zero-order chi connectivity index (χ0) is 14.5. The molecule has 108 valence electrons. The average Bonchev–Trinajstić information content (AvgIpc) is 2.71. The number of carbonyl (C=O) groups excluding carboxylic acids is 2. The summed E-state index contributed by atoms with van der Waals surface area (Å²) >= 11 is 0. The van der Waals surface area contributed by atoms with Gasteiger partial charge in [0.05, 0.1) is 7.11 Å². The van der Waals surface area contributed by atoms with Crippen LogP contribution in [-0.4, -0.2) is 55.1 Å². The predicted molar refractivity (Wildman–Crippen MR) is 70.9 cm³/mol. The minimum absolute atomic E-state index is 0.212. The van der Waals surface area contributed by atoms with Crippen molar-refractivity contribution in [2.75, 3.05) is 33.3 Å². The second-order valence-electron chi connectivity index (χ2n) is 4.61. The Morgan fingerprint density at radius 1 is 1.15 bits per heavy atom. The normalized spacial score (nSPS) is 15.7. The van der Waals surface area contributed by atoms with E-state index in [4.69, 9.17) is 0 Å². The molecule has 1 fully saturated rings. The van der Waals surface area contributed by atoms with Crippen LogP contribution >= 0.6 is 0 Å². The first-order valence-electron chi connectivity index (χ1n) is 6.49. The summed E-state index contributed by atoms with van der Waals surface area (Å²) in [6.45, 7) is 1.95. The largest absolute Gasteiger partial charge is 0.453 e. The SMILES string of the molecule is COC(=O)N1CCCN(C(=O)c2cccc(F)c2)CC1. The van der Waals surface area contributed by atoms with Crippen LogP contribution < -0.4 is 0 Å². The van der Waals surface area contributed by atoms with Crippen molar-refractivity contribution in [2.45, 2.75) is 6.42 Å². The van der Waals surface area contributed by atoms with Crippen molar-refractivity contribution in [2.24, 2.45) is 0 Å². The van der Waals surface area contributed by atoms with Gasteiger partial charge in [-0.15, -0.1) is 0 Å². The van der Waals surface area contributed by atoms with Gasteiger partial charge in [0.2, 0.25) is 0 Å². The first-order chi connectivity index (χ1) is 9.61. The topological polar surface area (TPSA) is 49.9 Å². The van der Waals surface area contributed by atoms with E-state index in [1.807, 2.05) is 0 Å². The number of hydrogen-bond donors (Lipinski definition) is 0. The molecule has 0 bridgehead atoms. The van der Waals surface area contributed by atoms with Crippen molar-refractivity contribution in [1.82, 2.24) is 9.80 Å². The maximum absolute atomic E-state index is 13.1. The Hall–Kier alpha value is -2.11. The summed E-state index contributed by atoms with van der Waals surface area (Å²) < 4.78 is 17.8. The van der Waals surface area contributed by atoms with Crippen LogP contribution in [0.3, 0.4) is 0 Å². The molecule has 0 N–H and O–H groups in total. The van der Waals surface area contributed by atoms with Gasteiger partial charge in [-0.3, -0.25) is 4.79 Å². The lowest BCUT2D eigenvalue weighted by Crippen LogP contribution is -2.37. The standard InChI is InChI=1S/C14H17FN2O3/c1-20-14(19)17-7-3-6-16(8-9-17)13(18)11-4-2-5-12(15)10-11/h2,4-5,10H,3,6-9H2,1H3. The summed E-state index contributed by atoms with van der Waals surface area (Å²) in [7, 11) is 1.34. The van der Waals surface area contributed by atoms with Gasteiger partial charge in [0.1, 0.15) is 5.82 Å². The van der Waals surface area contributed by atoms with E-state index in [2.05, 4.69) is 4.74 Å². The molecule has 0 aromatic heterocycles. The first-order valence-corrected chi connectivity index (χ1v) is 6.49. The van der Waals surface area contributed by atoms with E-state index < -0.39 is 5.82 Å². The van der Waals surface area contributed by atoms with Crippen LogP contribution in [0.1, 0.15) is 16.8 Å². The number of nitrogens with zero attached hydrogens (tertiary/aromatic N) is 2. The second-order valence-corrected chi connectivity index (χ2v) is 4.61. The molecule has 1 aromatic rings. The minimum Gasteiger partial charge on any atom is -0.453 e. The molecule has 6 heteroatoms. The van der Waals surface area contributed by atoms with E-state index in [0.717, 1.165) is 0 Å². The average molecular weight is 280 g/mol. The Morgan fingerprint density at radius 3 is 2.55 bits per heavy atom. The fraction of sp³-hybridized carbons (Fsp3) is 0.429. The van der Waals surface area contributed by atoms with E-state index >= 15 is 0 Å². The van der Waals surface area contributed by atoms with Crippen LogP contribution in [0.15, 0.2) is 24.3 Å². The van der Waals surface area contributed by atoms with Crippen molar-refractivity contribution in [3.05, 3.63) is 35.6 Å². The Bertz CT molecular complexity index is 507. The fourth-order valence-electron chi connectivity index (χ4n) is 2.24. The number of carbonyl (C=O) groups is 2. The maximum atomic E-state index is 13.1. The number of hydrogen-bond acceptors (Lipinski definition) is 3. The Kier molecular flexibility index (Phi) is 4.55. The number of ether oxygens (including phenoxy) is 1. The summed E-state index contributed by atoms with van der Waals surface area (Å²) in [5.74, 6) is -0.641. The summed E-state index contributed by atoms with van der Waals surface area (Å²) in [6.07, 6.45) is 0.293. The molecular weight excluding hydrogens is 263 g/mol. The molecule has 0 aliphatic carbocycles. The fourth-order valence-corrected chi connectivity index (χ4v) is 2.24. The van der Waals surface area contributed by atoms with Gasteiger partial charge in [-0.1, -0.05) is 6.07 Å². The van der Waals surface area contributed by atoms with Crippen LogP contribution in [0.5, 0.6) is 0 Å². The summed E-state index contributed by atoms with van der Waals surface area (Å²) in [5, 5.41) is 0. The zero-order valence-corrected chi connectivity index (χ0v) is 11.3. The van der Waals surface area contributed by atoms with Gasteiger partial charge in [0, 0.05) is 31.7 Å². The van der Waals surface area contributed by atoms with Crippen molar-refractivity contribution >= 4 is 12.0 Å². The van der Waals surface area contributed by atoms with E-state index in [9.17, 15) is 14.0 Å². The van der Waals surface area contributed by atoms with Crippen molar-refractivity contribution < 1.29 is 18.7 Å². The lowest BCUT2D eigenvalue weighted by atomic mass is 10.2. The third-order valence-electron chi connectivity index (χ3n) is 3.29. The molecule has 1 aliphatic rings. The van der Waals surface area contributed by atoms with Crippen LogP contribution in [0.2, 0.25) is 0 Å². The van der Waals surface area contributed by atoms with E-state index in [0.29, 0.717) is 38.2 Å². The zero-order valence-electron chi connectivity index (χ0n) is 11.3. The number of benzene rings is 1. The highest BCUT2D eigenvalue weighted by molar-refractivity contribution is 5.94. The van der Waals surface area contributed by atoms with Crippen molar-refractivity contribution in [3.63, 3.8) is 0 Å². The Labute approximate surface area is 116 Å². The molecule has 0 spiro atoms. The third-order valence-corrected chi connectivity index (χ3v) is 3.29. The Balaban J connectivity index is 2.03. The smallest absolute Gasteiger partial charge is 0.409 e. The molecule has 0 saturated carbocycles. The van der Waals surface area contributed by atoms with Gasteiger partial charge in [-0.25, -0.2) is 9.18 Å². The molecule has 1 aliphatic heterocycles. The lowest BCUT2D eigenvalue weighted by Gasteiger charge is -2.21. The molecular formula is C14H17FN2O3. The Morgan fingerprint density at radius 2 is 1.85 bits per heavy atom. The van der Waals surface area contributed by atoms with Crippen LogP contribution in [0, 0.1) is 5.82 Å². The number of halogens is 1. The molecule has 1 heterocycles. The molecule has 0 atom stereocenters. The van der Waals surface area contributed by atoms with Crippen molar-refractivity contribution in [1.29, 1.82) is 0 Å². The van der Waals surface area contributed by atoms with Gasteiger partial charge >= 0.3 is 6.09 Å².